The van der Waals surface area contributed by atoms with Crippen LogP contribution in [0.2, 0.25) is 0 Å². The molecule has 3 fully saturated rings. The van der Waals surface area contributed by atoms with Crippen molar-refractivity contribution in [1.29, 1.82) is 0 Å². The van der Waals surface area contributed by atoms with Gasteiger partial charge < -0.3 is 4.74 Å². The highest BCUT2D eigenvalue weighted by Crippen LogP contribution is 2.64. The Hall–Kier alpha value is -1.45. The maximum Gasteiger partial charge on any atom is 0.302 e. The van der Waals surface area contributed by atoms with Crippen molar-refractivity contribution in [3.63, 3.8) is 0 Å². The van der Waals surface area contributed by atoms with Gasteiger partial charge in [0, 0.05) is 19.8 Å². The first kappa shape index (κ1) is 17.0. The van der Waals surface area contributed by atoms with E-state index in [0.717, 1.165) is 38.5 Å². The van der Waals surface area contributed by atoms with E-state index in [-0.39, 0.29) is 29.7 Å². The normalized spacial score (nSPS) is 45.5. The number of fused-ring (bicyclic) bond motifs is 5. The Morgan fingerprint density at radius 2 is 2.04 bits per heavy atom. The Morgan fingerprint density at radius 3 is 2.80 bits per heavy atom. The summed E-state index contributed by atoms with van der Waals surface area (Å²) in [5.74, 6) is 2.01. The van der Waals surface area contributed by atoms with Crippen LogP contribution in [0.5, 0.6) is 0 Å². The van der Waals surface area contributed by atoms with Crippen LogP contribution in [-0.4, -0.2) is 24.1 Å². The lowest BCUT2D eigenvalue weighted by atomic mass is 9.45. The second-order valence-electron chi connectivity index (χ2n) is 9.02. The van der Waals surface area contributed by atoms with Gasteiger partial charge in [0.1, 0.15) is 12.4 Å². The molecule has 4 aliphatic carbocycles. The molecule has 0 radical (unpaired) electrons. The lowest BCUT2D eigenvalue weighted by Crippen LogP contribution is -2.55. The van der Waals surface area contributed by atoms with Gasteiger partial charge in [-0.05, 0) is 67.3 Å². The summed E-state index contributed by atoms with van der Waals surface area (Å²) in [5.41, 5.74) is -0.301. The van der Waals surface area contributed by atoms with Crippen molar-refractivity contribution < 1.29 is 19.1 Å². The van der Waals surface area contributed by atoms with Crippen molar-refractivity contribution in [1.82, 2.24) is 0 Å². The number of carbonyl (C=O) groups excluding carboxylic acids is 3. The maximum absolute atomic E-state index is 12.7. The van der Waals surface area contributed by atoms with Crippen LogP contribution < -0.4 is 0 Å². The molecule has 1 unspecified atom stereocenters. The number of esters is 1. The second kappa shape index (κ2) is 5.78. The Morgan fingerprint density at radius 1 is 1.24 bits per heavy atom. The monoisotopic (exact) mass is 344 g/mol. The Bertz CT molecular complexity index is 650. The molecule has 3 saturated carbocycles. The zero-order valence-corrected chi connectivity index (χ0v) is 15.3. The maximum atomic E-state index is 12.7. The predicted octanol–water partition coefficient (Wildman–Crippen LogP) is 3.49. The van der Waals surface area contributed by atoms with Gasteiger partial charge in [-0.2, -0.15) is 0 Å². The molecular formula is C21H28O4. The van der Waals surface area contributed by atoms with Gasteiger partial charge in [0.15, 0.2) is 5.78 Å². The number of hydrogen-bond donors (Lipinski definition) is 0. The van der Waals surface area contributed by atoms with Crippen LogP contribution in [0, 0.1) is 34.5 Å². The summed E-state index contributed by atoms with van der Waals surface area (Å²) >= 11 is 0. The lowest BCUT2D eigenvalue weighted by molar-refractivity contribution is -0.159. The molecule has 0 aliphatic heterocycles. The molecule has 0 bridgehead atoms. The van der Waals surface area contributed by atoms with E-state index in [2.05, 4.69) is 13.0 Å². The summed E-state index contributed by atoms with van der Waals surface area (Å²) in [7, 11) is 0. The SMILES string of the molecule is CC(=O)OC[C@]12CC[C@H]3[C@@H](CCC4CC(=O)CC[C@@]43C)[C@@H]1C=CC2=O. The summed E-state index contributed by atoms with van der Waals surface area (Å²) in [5, 5.41) is 0. The van der Waals surface area contributed by atoms with Crippen LogP contribution in [0.1, 0.15) is 58.8 Å². The quantitative estimate of drug-likeness (QED) is 0.720. The summed E-state index contributed by atoms with van der Waals surface area (Å²) in [6.45, 7) is 4.02. The van der Waals surface area contributed by atoms with Crippen LogP contribution >= 0.6 is 0 Å². The number of rotatable bonds is 2. The largest absolute Gasteiger partial charge is 0.465 e. The van der Waals surface area contributed by atoms with Crippen LogP contribution in [0.25, 0.3) is 0 Å². The van der Waals surface area contributed by atoms with Crippen LogP contribution in [0.15, 0.2) is 12.2 Å². The number of Topliss-reactive ketones (excluding diaryl/α,β-unsaturated/α-hetero) is 1. The summed E-state index contributed by atoms with van der Waals surface area (Å²) in [6.07, 6.45) is 10.3. The highest BCUT2D eigenvalue weighted by molar-refractivity contribution is 5.98. The number of allylic oxidation sites excluding steroid dienone is 2. The van der Waals surface area contributed by atoms with Gasteiger partial charge in [0.25, 0.3) is 0 Å². The highest BCUT2D eigenvalue weighted by atomic mass is 16.5. The molecule has 0 saturated heterocycles. The topological polar surface area (TPSA) is 60.4 Å². The van der Waals surface area contributed by atoms with Gasteiger partial charge in [-0.15, -0.1) is 0 Å². The molecule has 4 nitrogen and oxygen atoms in total. The zero-order chi connectivity index (χ0) is 17.8. The summed E-state index contributed by atoms with van der Waals surface area (Å²) in [6, 6.07) is 0. The molecule has 0 aromatic rings. The van der Waals surface area contributed by atoms with Gasteiger partial charge in [0.2, 0.25) is 0 Å². The minimum Gasteiger partial charge on any atom is -0.465 e. The minimum absolute atomic E-state index is 0.142. The molecule has 136 valence electrons. The van der Waals surface area contributed by atoms with Crippen molar-refractivity contribution in [3.8, 4) is 0 Å². The third-order valence-corrected chi connectivity index (χ3v) is 8.04. The first-order valence-electron chi connectivity index (χ1n) is 9.74. The Balaban J connectivity index is 1.62. The van der Waals surface area contributed by atoms with E-state index in [9.17, 15) is 14.4 Å². The first-order valence-corrected chi connectivity index (χ1v) is 9.74. The first-order chi connectivity index (χ1) is 11.9. The van der Waals surface area contributed by atoms with Gasteiger partial charge in [-0.1, -0.05) is 13.0 Å². The Labute approximate surface area is 149 Å². The zero-order valence-electron chi connectivity index (χ0n) is 15.3. The van der Waals surface area contributed by atoms with Crippen molar-refractivity contribution in [3.05, 3.63) is 12.2 Å². The molecule has 4 aliphatic rings. The number of carbonyl (C=O) groups is 3. The van der Waals surface area contributed by atoms with E-state index in [1.807, 2.05) is 0 Å². The molecule has 0 heterocycles. The fourth-order valence-corrected chi connectivity index (χ4v) is 6.63. The van der Waals surface area contributed by atoms with Gasteiger partial charge in [0.05, 0.1) is 5.41 Å². The van der Waals surface area contributed by atoms with Crippen molar-refractivity contribution in [2.24, 2.45) is 34.5 Å². The van der Waals surface area contributed by atoms with E-state index >= 15 is 0 Å². The third-order valence-electron chi connectivity index (χ3n) is 8.04. The molecule has 4 heteroatoms. The van der Waals surface area contributed by atoms with Gasteiger partial charge >= 0.3 is 5.97 Å². The van der Waals surface area contributed by atoms with Crippen molar-refractivity contribution in [2.75, 3.05) is 6.61 Å². The fourth-order valence-electron chi connectivity index (χ4n) is 6.63. The lowest BCUT2D eigenvalue weighted by Gasteiger charge is -2.59. The minimum atomic E-state index is -0.527. The average molecular weight is 344 g/mol. The molecule has 0 aromatic heterocycles. The number of hydrogen-bond acceptors (Lipinski definition) is 4. The molecule has 6 atom stereocenters. The van der Waals surface area contributed by atoms with E-state index < -0.39 is 5.41 Å². The molecule has 25 heavy (non-hydrogen) atoms. The highest BCUT2D eigenvalue weighted by Gasteiger charge is 2.61. The second-order valence-corrected chi connectivity index (χ2v) is 9.02. The molecule has 0 spiro atoms. The van der Waals surface area contributed by atoms with Crippen molar-refractivity contribution >= 4 is 17.5 Å². The average Bonchev–Trinajstić information content (AvgIpc) is 2.91. The van der Waals surface area contributed by atoms with Gasteiger partial charge in [-0.3, -0.25) is 14.4 Å². The molecule has 0 aromatic carbocycles. The van der Waals surface area contributed by atoms with E-state index in [0.29, 0.717) is 30.0 Å². The van der Waals surface area contributed by atoms with Crippen LogP contribution in [-0.2, 0) is 19.1 Å². The Kier molecular flexibility index (Phi) is 3.93. The van der Waals surface area contributed by atoms with E-state index in [4.69, 9.17) is 4.74 Å². The third kappa shape index (κ3) is 2.43. The fraction of sp³-hybridized carbons (Fsp3) is 0.762. The summed E-state index contributed by atoms with van der Waals surface area (Å²) < 4.78 is 5.34. The number of ketones is 2. The van der Waals surface area contributed by atoms with E-state index in [1.54, 1.807) is 6.08 Å². The predicted molar refractivity (Wildman–Crippen MR) is 92.6 cm³/mol. The van der Waals surface area contributed by atoms with Gasteiger partial charge in [-0.25, -0.2) is 0 Å². The number of ether oxygens (including phenoxy) is 1. The van der Waals surface area contributed by atoms with E-state index in [1.165, 1.54) is 6.92 Å². The summed E-state index contributed by atoms with van der Waals surface area (Å²) in [4.78, 5) is 36.0. The smallest absolute Gasteiger partial charge is 0.302 e. The van der Waals surface area contributed by atoms with Crippen LogP contribution in [0.4, 0.5) is 0 Å². The molecule has 4 rings (SSSR count). The molecule has 0 amide bonds. The molecule has 0 N–H and O–H groups in total. The standard InChI is InChI=1S/C21H28O4/c1-13(22)25-12-21-10-8-17-16(18(21)5-6-19(21)24)4-3-14-11-15(23)7-9-20(14,17)2/h5-6,14,16-18H,3-4,7-12H2,1-2H3/t14?,16-,17+,18+,20+,21-/m1/s1. The van der Waals surface area contributed by atoms with Crippen LogP contribution in [0.3, 0.4) is 0 Å². The van der Waals surface area contributed by atoms with Crippen molar-refractivity contribution in [2.45, 2.75) is 58.8 Å². The molecular weight excluding hydrogens is 316 g/mol.